The fraction of sp³-hybridized carbons (Fsp3) is 0.125. The Balaban J connectivity index is 1.62. The van der Waals surface area contributed by atoms with Gasteiger partial charge < -0.3 is 5.32 Å². The van der Waals surface area contributed by atoms with Crippen molar-refractivity contribution >= 4 is 22.4 Å². The van der Waals surface area contributed by atoms with E-state index in [0.717, 1.165) is 22.1 Å². The van der Waals surface area contributed by atoms with Crippen LogP contribution in [0.1, 0.15) is 21.5 Å². The van der Waals surface area contributed by atoms with Crippen LogP contribution in [0.15, 0.2) is 71.5 Å². The average Bonchev–Trinajstić information content (AvgIpc) is 2.81. The summed E-state index contributed by atoms with van der Waals surface area (Å²) in [6.45, 7) is 2.22. The molecule has 0 aliphatic heterocycles. The lowest BCUT2D eigenvalue weighted by molar-refractivity contribution is -0.384. The Kier molecular flexibility index (Phi) is 5.51. The number of nitrogens with one attached hydrogen (secondary N) is 1. The lowest BCUT2D eigenvalue weighted by atomic mass is 10.00. The zero-order valence-electron chi connectivity index (χ0n) is 17.5. The molecule has 1 amide bonds. The quantitative estimate of drug-likeness (QED) is 0.385. The Bertz CT molecular complexity index is 1410. The smallest absolute Gasteiger partial charge is 0.274 e. The predicted octanol–water partition coefficient (Wildman–Crippen LogP) is 3.75. The molecule has 8 heteroatoms. The number of amides is 1. The molecule has 0 aliphatic rings. The summed E-state index contributed by atoms with van der Waals surface area (Å²) in [7, 11) is 1.62. The highest BCUT2D eigenvalue weighted by Crippen LogP contribution is 2.26. The molecular formula is C24H20N4O4. The van der Waals surface area contributed by atoms with Crippen LogP contribution in [-0.4, -0.2) is 20.6 Å². The minimum absolute atomic E-state index is 0.0675. The number of carbonyl (C=O) groups excluding carboxylic acids is 1. The van der Waals surface area contributed by atoms with Crippen LogP contribution in [0.4, 0.5) is 5.69 Å². The summed E-state index contributed by atoms with van der Waals surface area (Å²) in [5.41, 5.74) is 3.53. The fourth-order valence-electron chi connectivity index (χ4n) is 3.53. The van der Waals surface area contributed by atoms with E-state index in [1.54, 1.807) is 13.1 Å². The number of non-ortho nitro benzene ring substituents is 1. The first-order valence-electron chi connectivity index (χ1n) is 9.94. The maximum absolute atomic E-state index is 12.5. The van der Waals surface area contributed by atoms with Crippen molar-refractivity contribution in [2.24, 2.45) is 7.05 Å². The molecule has 0 spiro atoms. The topological polar surface area (TPSA) is 107 Å². The normalized spacial score (nSPS) is 10.8. The number of aromatic nitrogens is 2. The van der Waals surface area contributed by atoms with E-state index in [2.05, 4.69) is 10.4 Å². The van der Waals surface area contributed by atoms with Crippen molar-refractivity contribution in [2.45, 2.75) is 13.5 Å². The molecule has 3 aromatic carbocycles. The number of carbonyl (C=O) groups is 1. The summed E-state index contributed by atoms with van der Waals surface area (Å²) >= 11 is 0. The molecule has 0 fully saturated rings. The van der Waals surface area contributed by atoms with Crippen molar-refractivity contribution in [2.75, 3.05) is 0 Å². The molecule has 4 aromatic rings. The molecule has 0 saturated heterocycles. The van der Waals surface area contributed by atoms with Gasteiger partial charge in [-0.25, -0.2) is 4.68 Å². The highest BCUT2D eigenvalue weighted by atomic mass is 16.6. The Morgan fingerprint density at radius 1 is 1.06 bits per heavy atom. The first-order chi connectivity index (χ1) is 15.3. The van der Waals surface area contributed by atoms with Crippen LogP contribution in [0, 0.1) is 17.0 Å². The van der Waals surface area contributed by atoms with Crippen LogP contribution in [0.25, 0.3) is 22.0 Å². The minimum Gasteiger partial charge on any atom is -0.348 e. The summed E-state index contributed by atoms with van der Waals surface area (Å²) in [4.78, 5) is 35.2. The zero-order chi connectivity index (χ0) is 22.8. The van der Waals surface area contributed by atoms with Gasteiger partial charge in [0.05, 0.1) is 16.0 Å². The van der Waals surface area contributed by atoms with Crippen molar-refractivity contribution in [1.29, 1.82) is 0 Å². The van der Waals surface area contributed by atoms with Gasteiger partial charge in [-0.3, -0.25) is 19.7 Å². The molecule has 1 aromatic heterocycles. The van der Waals surface area contributed by atoms with E-state index in [-0.39, 0.29) is 23.7 Å². The minimum atomic E-state index is -0.506. The molecule has 1 N–H and O–H groups in total. The van der Waals surface area contributed by atoms with Crippen molar-refractivity contribution in [3.8, 4) is 11.3 Å². The lowest BCUT2D eigenvalue weighted by Crippen LogP contribution is -2.23. The van der Waals surface area contributed by atoms with Crippen molar-refractivity contribution in [3.05, 3.63) is 104 Å². The van der Waals surface area contributed by atoms with Crippen LogP contribution >= 0.6 is 0 Å². The first-order valence-corrected chi connectivity index (χ1v) is 9.94. The van der Waals surface area contributed by atoms with E-state index in [4.69, 9.17) is 0 Å². The molecule has 0 atom stereocenters. The summed E-state index contributed by atoms with van der Waals surface area (Å²) in [6.07, 6.45) is 0. The van der Waals surface area contributed by atoms with Crippen molar-refractivity contribution in [3.63, 3.8) is 0 Å². The highest BCUT2D eigenvalue weighted by molar-refractivity contribution is 5.95. The van der Waals surface area contributed by atoms with E-state index >= 15 is 0 Å². The van der Waals surface area contributed by atoms with E-state index in [1.807, 2.05) is 43.3 Å². The number of nitro benzene ring substituents is 1. The number of nitro groups is 1. The van der Waals surface area contributed by atoms with E-state index < -0.39 is 4.92 Å². The van der Waals surface area contributed by atoms with E-state index in [0.29, 0.717) is 16.6 Å². The van der Waals surface area contributed by atoms with Gasteiger partial charge in [-0.2, -0.15) is 5.10 Å². The van der Waals surface area contributed by atoms with Gasteiger partial charge in [-0.15, -0.1) is 0 Å². The molecular weight excluding hydrogens is 408 g/mol. The zero-order valence-corrected chi connectivity index (χ0v) is 17.5. The van der Waals surface area contributed by atoms with E-state index in [9.17, 15) is 19.7 Å². The van der Waals surface area contributed by atoms with Gasteiger partial charge >= 0.3 is 0 Å². The van der Waals surface area contributed by atoms with Gasteiger partial charge in [0, 0.05) is 42.2 Å². The summed E-state index contributed by atoms with van der Waals surface area (Å²) in [5, 5.41) is 19.5. The number of hydrogen-bond acceptors (Lipinski definition) is 5. The second kappa shape index (κ2) is 8.43. The summed E-state index contributed by atoms with van der Waals surface area (Å²) < 4.78 is 1.33. The summed E-state index contributed by atoms with van der Waals surface area (Å²) in [5.74, 6) is -0.324. The van der Waals surface area contributed by atoms with Gasteiger partial charge in [0.1, 0.15) is 0 Å². The maximum Gasteiger partial charge on any atom is 0.274 e. The molecule has 0 unspecified atom stereocenters. The molecule has 1 heterocycles. The molecule has 160 valence electrons. The number of aryl methyl sites for hydroxylation is 2. The molecule has 8 nitrogen and oxygen atoms in total. The second-order valence-corrected chi connectivity index (χ2v) is 7.45. The second-order valence-electron chi connectivity index (χ2n) is 7.45. The molecule has 0 radical (unpaired) electrons. The van der Waals surface area contributed by atoms with Crippen LogP contribution in [-0.2, 0) is 13.6 Å². The Labute approximate surface area is 183 Å². The van der Waals surface area contributed by atoms with Gasteiger partial charge in [-0.05, 0) is 42.3 Å². The van der Waals surface area contributed by atoms with Crippen molar-refractivity contribution < 1.29 is 9.72 Å². The molecule has 0 saturated carbocycles. The third-order valence-electron chi connectivity index (χ3n) is 5.36. The number of benzene rings is 3. The van der Waals surface area contributed by atoms with Crippen LogP contribution < -0.4 is 10.9 Å². The van der Waals surface area contributed by atoms with Crippen LogP contribution in [0.2, 0.25) is 0 Å². The predicted molar refractivity (Wildman–Crippen MR) is 121 cm³/mol. The summed E-state index contributed by atoms with van der Waals surface area (Å²) in [6, 6.07) is 18.6. The molecule has 0 aliphatic carbocycles. The lowest BCUT2D eigenvalue weighted by Gasteiger charge is -2.12. The fourth-order valence-corrected chi connectivity index (χ4v) is 3.53. The number of nitrogens with zero attached hydrogens (tertiary/aromatic N) is 3. The third-order valence-corrected chi connectivity index (χ3v) is 5.36. The molecule has 0 bridgehead atoms. The van der Waals surface area contributed by atoms with Gasteiger partial charge in [-0.1, -0.05) is 30.3 Å². The van der Waals surface area contributed by atoms with Crippen LogP contribution in [0.5, 0.6) is 0 Å². The maximum atomic E-state index is 12.5. The molecule has 32 heavy (non-hydrogen) atoms. The van der Waals surface area contributed by atoms with Gasteiger partial charge in [0.2, 0.25) is 0 Å². The average molecular weight is 428 g/mol. The molecule has 4 rings (SSSR count). The SMILES string of the molecule is Cc1ccc(-c2nn(C)c(=O)c3ccccc23)cc1CNC(=O)c1ccc([N+](=O)[O-])cc1. The number of rotatable bonds is 5. The third kappa shape index (κ3) is 3.98. The Morgan fingerprint density at radius 2 is 1.75 bits per heavy atom. The Hall–Kier alpha value is -4.33. The standard InChI is InChI=1S/C24H20N4O4/c1-15-7-8-17(22-20-5-3-4-6-21(20)24(30)27(2)26-22)13-18(15)14-25-23(29)16-9-11-19(12-10-16)28(31)32/h3-13H,14H2,1-2H3,(H,25,29). The van der Waals surface area contributed by atoms with Crippen LogP contribution in [0.3, 0.4) is 0 Å². The number of fused-ring (bicyclic) bond motifs is 1. The van der Waals surface area contributed by atoms with Gasteiger partial charge in [0.25, 0.3) is 17.2 Å². The monoisotopic (exact) mass is 428 g/mol. The van der Waals surface area contributed by atoms with E-state index in [1.165, 1.54) is 28.9 Å². The van der Waals surface area contributed by atoms with Crippen molar-refractivity contribution in [1.82, 2.24) is 15.1 Å². The first kappa shape index (κ1) is 20.9. The largest absolute Gasteiger partial charge is 0.348 e. The Morgan fingerprint density at radius 3 is 2.44 bits per heavy atom. The number of hydrogen-bond donors (Lipinski definition) is 1. The highest BCUT2D eigenvalue weighted by Gasteiger charge is 2.13. The van der Waals surface area contributed by atoms with Gasteiger partial charge in [0.15, 0.2) is 0 Å².